The molecule has 3 aliphatic heterocycles. The first-order valence-corrected chi connectivity index (χ1v) is 16.3. The standard InChI is InChI=1S/C29H40N8O3S/c1-29(21-10-4-3-5-11-21)28(38)36-15-7-6-12-24(36)23-18-26-31-25(35-16-13-22(30)20-35)19-27(37(26)32-23)34(2)14-8-9-17-41(39,40)33-29/h3-5,10-11,18-19,22,24,33H,6-9,12-17,20,30H2,1-2H3. The molecule has 0 aliphatic carbocycles. The maximum Gasteiger partial charge on any atom is 0.248 e. The summed E-state index contributed by atoms with van der Waals surface area (Å²) in [5.74, 6) is 1.42. The molecule has 11 nitrogen and oxygen atoms in total. The number of piperidine rings is 1. The number of aromatic nitrogens is 3. The van der Waals surface area contributed by atoms with Crippen molar-refractivity contribution < 1.29 is 13.2 Å². The third-order valence-corrected chi connectivity index (χ3v) is 10.3. The summed E-state index contributed by atoms with van der Waals surface area (Å²) in [6.07, 6.45) is 4.57. The van der Waals surface area contributed by atoms with Crippen molar-refractivity contribution in [3.8, 4) is 0 Å². The van der Waals surface area contributed by atoms with E-state index < -0.39 is 15.6 Å². The van der Waals surface area contributed by atoms with Gasteiger partial charge < -0.3 is 20.4 Å². The van der Waals surface area contributed by atoms with Gasteiger partial charge in [0.25, 0.3) is 0 Å². The molecule has 2 fully saturated rings. The molecule has 1 aromatic carbocycles. The average molecular weight is 581 g/mol. The molecule has 3 N–H and O–H groups in total. The number of nitrogens with one attached hydrogen (secondary N) is 1. The zero-order chi connectivity index (χ0) is 28.8. The Kier molecular flexibility index (Phi) is 7.41. The van der Waals surface area contributed by atoms with Crippen LogP contribution in [0.15, 0.2) is 42.5 Å². The Morgan fingerprint density at radius 1 is 1.02 bits per heavy atom. The summed E-state index contributed by atoms with van der Waals surface area (Å²) in [5, 5.41) is 5.04. The monoisotopic (exact) mass is 580 g/mol. The van der Waals surface area contributed by atoms with E-state index in [1.807, 2.05) is 52.9 Å². The summed E-state index contributed by atoms with van der Waals surface area (Å²) in [6.45, 7) is 4.46. The number of carbonyl (C=O) groups excluding carboxylic acids is 1. The molecule has 220 valence electrons. The fourth-order valence-electron chi connectivity index (χ4n) is 6.44. The Labute approximate surface area is 241 Å². The molecule has 6 rings (SSSR count). The van der Waals surface area contributed by atoms with E-state index in [1.54, 1.807) is 6.92 Å². The molecule has 3 aromatic rings. The third kappa shape index (κ3) is 5.40. The number of amides is 1. The maximum atomic E-state index is 14.5. The maximum absolute atomic E-state index is 14.5. The number of nitrogens with zero attached hydrogens (tertiary/aromatic N) is 6. The molecular formula is C29H40N8O3S. The molecule has 2 saturated heterocycles. The van der Waals surface area contributed by atoms with Crippen molar-refractivity contribution in [2.24, 2.45) is 5.73 Å². The van der Waals surface area contributed by atoms with E-state index in [-0.39, 0.29) is 23.7 Å². The minimum atomic E-state index is -3.76. The second-order valence-electron chi connectivity index (χ2n) is 11.9. The predicted molar refractivity (Wildman–Crippen MR) is 159 cm³/mol. The molecule has 5 heterocycles. The van der Waals surface area contributed by atoms with Crippen LogP contribution in [-0.2, 0) is 20.4 Å². The summed E-state index contributed by atoms with van der Waals surface area (Å²) in [4.78, 5) is 25.6. The first kappa shape index (κ1) is 27.9. The normalized spacial score (nSPS) is 27.6. The smallest absolute Gasteiger partial charge is 0.248 e. The summed E-state index contributed by atoms with van der Waals surface area (Å²) < 4.78 is 31.5. The molecule has 0 saturated carbocycles. The summed E-state index contributed by atoms with van der Waals surface area (Å²) in [5.41, 5.74) is 6.89. The minimum absolute atomic E-state index is 0.0615. The van der Waals surface area contributed by atoms with Gasteiger partial charge in [0.05, 0.1) is 17.5 Å². The van der Waals surface area contributed by atoms with Gasteiger partial charge in [-0.2, -0.15) is 14.3 Å². The number of benzene rings is 1. The molecule has 2 aromatic heterocycles. The second kappa shape index (κ2) is 10.9. The van der Waals surface area contributed by atoms with E-state index >= 15 is 0 Å². The quantitative estimate of drug-likeness (QED) is 0.473. The lowest BCUT2D eigenvalue weighted by molar-refractivity contribution is -0.141. The van der Waals surface area contributed by atoms with Crippen LogP contribution in [0.25, 0.3) is 5.65 Å². The Bertz CT molecular complexity index is 1530. The van der Waals surface area contributed by atoms with Crippen LogP contribution < -0.4 is 20.3 Å². The largest absolute Gasteiger partial charge is 0.359 e. The van der Waals surface area contributed by atoms with Crippen LogP contribution in [0, 0.1) is 0 Å². The van der Waals surface area contributed by atoms with Crippen molar-refractivity contribution in [1.82, 2.24) is 24.2 Å². The second-order valence-corrected chi connectivity index (χ2v) is 13.7. The van der Waals surface area contributed by atoms with E-state index in [0.29, 0.717) is 31.5 Å². The van der Waals surface area contributed by atoms with Crippen LogP contribution in [0.4, 0.5) is 11.6 Å². The number of rotatable bonds is 2. The van der Waals surface area contributed by atoms with Gasteiger partial charge in [-0.25, -0.2) is 13.4 Å². The number of nitrogens with two attached hydrogens (primary N) is 1. The van der Waals surface area contributed by atoms with E-state index in [9.17, 15) is 13.2 Å². The lowest BCUT2D eigenvalue weighted by atomic mass is 9.89. The molecule has 3 aliphatic rings. The fourth-order valence-corrected chi connectivity index (χ4v) is 7.95. The van der Waals surface area contributed by atoms with Crippen LogP contribution in [0.3, 0.4) is 0 Å². The first-order chi connectivity index (χ1) is 19.6. The van der Waals surface area contributed by atoms with Gasteiger partial charge in [-0.1, -0.05) is 30.3 Å². The van der Waals surface area contributed by atoms with Gasteiger partial charge in [0, 0.05) is 51.4 Å². The summed E-state index contributed by atoms with van der Waals surface area (Å²) >= 11 is 0. The highest BCUT2D eigenvalue weighted by atomic mass is 32.2. The van der Waals surface area contributed by atoms with Gasteiger partial charge in [0.1, 0.15) is 17.2 Å². The van der Waals surface area contributed by atoms with Crippen LogP contribution >= 0.6 is 0 Å². The van der Waals surface area contributed by atoms with Gasteiger partial charge in [-0.05, 0) is 51.0 Å². The van der Waals surface area contributed by atoms with Gasteiger partial charge in [0.15, 0.2) is 5.65 Å². The lowest BCUT2D eigenvalue weighted by Gasteiger charge is -2.41. The van der Waals surface area contributed by atoms with Crippen LogP contribution in [0.1, 0.15) is 62.7 Å². The number of fused-ring (bicyclic) bond motifs is 3. The Morgan fingerprint density at radius 2 is 1.80 bits per heavy atom. The number of sulfonamides is 1. The highest BCUT2D eigenvalue weighted by molar-refractivity contribution is 7.89. The SMILES string of the molecule is CN1CCCCS(=O)(=O)NC(C)(c2ccccc2)C(=O)N2CCCCC2c2cc3nc(N4CCC(N)C4)cc1n3n2. The summed E-state index contributed by atoms with van der Waals surface area (Å²) in [7, 11) is -1.75. The highest BCUT2D eigenvalue weighted by Crippen LogP contribution is 2.36. The summed E-state index contributed by atoms with van der Waals surface area (Å²) in [6, 6.07) is 13.0. The van der Waals surface area contributed by atoms with Crippen LogP contribution in [0.2, 0.25) is 0 Å². The molecule has 0 radical (unpaired) electrons. The average Bonchev–Trinajstić information content (AvgIpc) is 3.60. The van der Waals surface area contributed by atoms with E-state index in [4.69, 9.17) is 15.8 Å². The molecule has 3 atom stereocenters. The molecule has 1 amide bonds. The fraction of sp³-hybridized carbons (Fsp3) is 0.552. The number of anilines is 2. The van der Waals surface area contributed by atoms with E-state index in [0.717, 1.165) is 61.7 Å². The van der Waals surface area contributed by atoms with Crippen molar-refractivity contribution in [3.63, 3.8) is 0 Å². The number of hydrogen-bond acceptors (Lipinski definition) is 8. The van der Waals surface area contributed by atoms with Crippen molar-refractivity contribution in [1.29, 1.82) is 0 Å². The Morgan fingerprint density at radius 3 is 2.56 bits per heavy atom. The topological polar surface area (TPSA) is 129 Å². The zero-order valence-electron chi connectivity index (χ0n) is 23.9. The Hall–Kier alpha value is -3.22. The minimum Gasteiger partial charge on any atom is -0.359 e. The van der Waals surface area contributed by atoms with E-state index in [2.05, 4.69) is 20.6 Å². The van der Waals surface area contributed by atoms with Gasteiger partial charge in [-0.15, -0.1) is 0 Å². The van der Waals surface area contributed by atoms with Crippen molar-refractivity contribution in [2.75, 3.05) is 48.8 Å². The lowest BCUT2D eigenvalue weighted by Crippen LogP contribution is -2.57. The molecule has 0 spiro atoms. The highest BCUT2D eigenvalue weighted by Gasteiger charge is 2.45. The van der Waals surface area contributed by atoms with Crippen molar-refractivity contribution >= 4 is 33.2 Å². The molecule has 3 unspecified atom stereocenters. The Balaban J connectivity index is 1.48. The molecule has 41 heavy (non-hydrogen) atoms. The third-order valence-electron chi connectivity index (χ3n) is 8.75. The molecular weight excluding hydrogens is 540 g/mol. The van der Waals surface area contributed by atoms with Crippen molar-refractivity contribution in [2.45, 2.75) is 63.1 Å². The van der Waals surface area contributed by atoms with Crippen LogP contribution in [0.5, 0.6) is 0 Å². The van der Waals surface area contributed by atoms with Gasteiger partial charge >= 0.3 is 0 Å². The number of hydrogen-bond donors (Lipinski definition) is 2. The van der Waals surface area contributed by atoms with Crippen molar-refractivity contribution in [3.05, 3.63) is 53.7 Å². The van der Waals surface area contributed by atoms with Gasteiger partial charge in [-0.3, -0.25) is 4.79 Å². The van der Waals surface area contributed by atoms with Gasteiger partial charge in [0.2, 0.25) is 15.9 Å². The van der Waals surface area contributed by atoms with E-state index in [1.165, 1.54) is 0 Å². The number of carbonyl (C=O) groups is 1. The van der Waals surface area contributed by atoms with Crippen LogP contribution in [-0.4, -0.2) is 78.8 Å². The zero-order valence-corrected chi connectivity index (χ0v) is 24.7. The molecule has 12 heteroatoms. The predicted octanol–water partition coefficient (Wildman–Crippen LogP) is 2.39. The first-order valence-electron chi connectivity index (χ1n) is 14.7. The molecule has 2 bridgehead atoms.